The van der Waals surface area contributed by atoms with Crippen LogP contribution < -0.4 is 20.3 Å². The number of thiophene rings is 1. The maximum Gasteiger partial charge on any atom is 0.262 e. The number of benzene rings is 1. The van der Waals surface area contributed by atoms with Gasteiger partial charge < -0.3 is 14.8 Å². The Balaban J connectivity index is 1.43. The fourth-order valence-corrected chi connectivity index (χ4v) is 4.89. The SMILES string of the molecule is COc1ccc(NC(=O)CCn2cnc3sc(C)c(C)c3c2=O)cc1OC1CCCC1. The third-order valence-corrected chi connectivity index (χ3v) is 6.89. The molecule has 2 heterocycles. The van der Waals surface area contributed by atoms with Crippen LogP contribution in [0.4, 0.5) is 5.69 Å². The van der Waals surface area contributed by atoms with Gasteiger partial charge in [-0.05, 0) is 57.2 Å². The van der Waals surface area contributed by atoms with E-state index in [1.165, 1.54) is 35.1 Å². The van der Waals surface area contributed by atoms with Crippen LogP contribution in [0.3, 0.4) is 0 Å². The molecule has 7 nitrogen and oxygen atoms in total. The molecule has 1 fully saturated rings. The maximum atomic E-state index is 12.8. The van der Waals surface area contributed by atoms with E-state index in [4.69, 9.17) is 9.47 Å². The average Bonchev–Trinajstić information content (AvgIpc) is 3.36. The highest BCUT2D eigenvalue weighted by Gasteiger charge is 2.19. The van der Waals surface area contributed by atoms with E-state index in [1.807, 2.05) is 13.8 Å². The number of hydrogen-bond donors (Lipinski definition) is 1. The summed E-state index contributed by atoms with van der Waals surface area (Å²) in [5.41, 5.74) is 1.50. The fourth-order valence-electron chi connectivity index (χ4n) is 3.91. The van der Waals surface area contributed by atoms with Gasteiger partial charge in [0.1, 0.15) is 4.83 Å². The smallest absolute Gasteiger partial charge is 0.262 e. The van der Waals surface area contributed by atoms with Crippen molar-refractivity contribution in [2.75, 3.05) is 12.4 Å². The Morgan fingerprint density at radius 1 is 1.26 bits per heavy atom. The van der Waals surface area contributed by atoms with Gasteiger partial charge in [0.2, 0.25) is 5.91 Å². The van der Waals surface area contributed by atoms with Crippen molar-refractivity contribution in [2.24, 2.45) is 0 Å². The van der Waals surface area contributed by atoms with Crippen molar-refractivity contribution < 1.29 is 14.3 Å². The zero-order chi connectivity index (χ0) is 22.0. The Hall–Kier alpha value is -2.87. The summed E-state index contributed by atoms with van der Waals surface area (Å²) in [5, 5.41) is 3.54. The second kappa shape index (κ2) is 9.09. The molecule has 0 bridgehead atoms. The number of nitrogens with one attached hydrogen (secondary N) is 1. The van der Waals surface area contributed by atoms with Gasteiger partial charge in [-0.2, -0.15) is 0 Å². The van der Waals surface area contributed by atoms with E-state index in [0.717, 1.165) is 28.1 Å². The first-order valence-corrected chi connectivity index (χ1v) is 11.4. The molecule has 3 aromatic rings. The van der Waals surface area contributed by atoms with E-state index < -0.39 is 0 Å². The second-order valence-corrected chi connectivity index (χ2v) is 9.10. The molecular weight excluding hydrogens is 414 g/mol. The number of amides is 1. The number of methoxy groups -OCH3 is 1. The number of ether oxygens (including phenoxy) is 2. The Bertz CT molecular complexity index is 1160. The first-order chi connectivity index (χ1) is 15.0. The molecule has 0 saturated heterocycles. The number of aryl methyl sites for hydroxylation is 3. The van der Waals surface area contributed by atoms with Crippen molar-refractivity contribution >= 4 is 33.1 Å². The normalized spacial score (nSPS) is 14.2. The van der Waals surface area contributed by atoms with E-state index in [9.17, 15) is 9.59 Å². The number of anilines is 1. The molecule has 0 aliphatic heterocycles. The predicted octanol–water partition coefficient (Wildman–Crippen LogP) is 4.43. The molecule has 2 aromatic heterocycles. The van der Waals surface area contributed by atoms with Crippen LogP contribution in [0.5, 0.6) is 11.5 Å². The summed E-state index contributed by atoms with van der Waals surface area (Å²) >= 11 is 1.52. The molecular formula is C23H27N3O4S. The lowest BCUT2D eigenvalue weighted by molar-refractivity contribution is -0.116. The van der Waals surface area contributed by atoms with Gasteiger partial charge in [-0.25, -0.2) is 4.98 Å². The van der Waals surface area contributed by atoms with Crippen molar-refractivity contribution in [3.8, 4) is 11.5 Å². The van der Waals surface area contributed by atoms with Crippen molar-refractivity contribution in [3.63, 3.8) is 0 Å². The minimum absolute atomic E-state index is 0.101. The molecule has 1 aromatic carbocycles. The standard InChI is InChI=1S/C23H27N3O4S/c1-14-15(2)31-22-21(14)23(28)26(13-24-22)11-10-20(27)25-16-8-9-18(29-3)19(12-16)30-17-6-4-5-7-17/h8-9,12-13,17H,4-7,10-11H2,1-3H3,(H,25,27). The molecule has 31 heavy (non-hydrogen) atoms. The number of fused-ring (bicyclic) bond motifs is 1. The molecule has 0 atom stereocenters. The summed E-state index contributed by atoms with van der Waals surface area (Å²) in [6.07, 6.45) is 6.31. The Labute approximate surface area is 185 Å². The van der Waals surface area contributed by atoms with E-state index in [0.29, 0.717) is 22.6 Å². The lowest BCUT2D eigenvalue weighted by Gasteiger charge is -2.17. The van der Waals surface area contributed by atoms with Crippen LogP contribution in [0.15, 0.2) is 29.3 Å². The van der Waals surface area contributed by atoms with E-state index in [1.54, 1.807) is 25.3 Å². The van der Waals surface area contributed by atoms with Gasteiger partial charge in [0.15, 0.2) is 11.5 Å². The fraction of sp³-hybridized carbons (Fsp3) is 0.435. The largest absolute Gasteiger partial charge is 0.493 e. The number of nitrogens with zero attached hydrogens (tertiary/aromatic N) is 2. The van der Waals surface area contributed by atoms with Crippen LogP contribution in [0.2, 0.25) is 0 Å². The minimum Gasteiger partial charge on any atom is -0.493 e. The van der Waals surface area contributed by atoms with Gasteiger partial charge in [0, 0.05) is 29.6 Å². The number of rotatable bonds is 7. The van der Waals surface area contributed by atoms with E-state index in [2.05, 4.69) is 10.3 Å². The summed E-state index contributed by atoms with van der Waals surface area (Å²) in [4.78, 5) is 31.5. The Morgan fingerprint density at radius 3 is 2.77 bits per heavy atom. The molecule has 1 aliphatic rings. The number of carbonyl (C=O) groups excluding carboxylic acids is 1. The maximum absolute atomic E-state index is 12.8. The van der Waals surface area contributed by atoms with E-state index >= 15 is 0 Å². The molecule has 0 unspecified atom stereocenters. The molecule has 1 N–H and O–H groups in total. The average molecular weight is 442 g/mol. The van der Waals surface area contributed by atoms with Crippen LogP contribution >= 0.6 is 11.3 Å². The van der Waals surface area contributed by atoms with Gasteiger partial charge >= 0.3 is 0 Å². The minimum atomic E-state index is -0.179. The molecule has 0 spiro atoms. The predicted molar refractivity (Wildman–Crippen MR) is 122 cm³/mol. The third kappa shape index (κ3) is 4.58. The van der Waals surface area contributed by atoms with Gasteiger partial charge in [0.25, 0.3) is 5.56 Å². The van der Waals surface area contributed by atoms with Gasteiger partial charge in [-0.15, -0.1) is 11.3 Å². The highest BCUT2D eigenvalue weighted by molar-refractivity contribution is 7.18. The van der Waals surface area contributed by atoms with Gasteiger partial charge in [0.05, 0.1) is 24.9 Å². The molecule has 0 radical (unpaired) electrons. The van der Waals surface area contributed by atoms with Crippen molar-refractivity contribution in [1.29, 1.82) is 0 Å². The number of hydrogen-bond acceptors (Lipinski definition) is 6. The third-order valence-electron chi connectivity index (χ3n) is 5.78. The molecule has 164 valence electrons. The highest BCUT2D eigenvalue weighted by Crippen LogP contribution is 2.34. The van der Waals surface area contributed by atoms with E-state index in [-0.39, 0.29) is 30.5 Å². The van der Waals surface area contributed by atoms with Crippen LogP contribution in [0, 0.1) is 13.8 Å². The topological polar surface area (TPSA) is 82.5 Å². The summed E-state index contributed by atoms with van der Waals surface area (Å²) < 4.78 is 13.0. The summed E-state index contributed by atoms with van der Waals surface area (Å²) in [5.74, 6) is 1.11. The van der Waals surface area contributed by atoms with Crippen LogP contribution in [0.25, 0.3) is 10.2 Å². The summed E-state index contributed by atoms with van der Waals surface area (Å²) in [7, 11) is 1.61. The molecule has 4 rings (SSSR count). The van der Waals surface area contributed by atoms with Crippen molar-refractivity contribution in [2.45, 2.75) is 58.6 Å². The zero-order valence-corrected chi connectivity index (χ0v) is 18.9. The molecule has 8 heteroatoms. The van der Waals surface area contributed by atoms with Crippen LogP contribution in [0.1, 0.15) is 42.5 Å². The van der Waals surface area contributed by atoms with Crippen LogP contribution in [-0.4, -0.2) is 28.7 Å². The van der Waals surface area contributed by atoms with Gasteiger partial charge in [-0.1, -0.05) is 0 Å². The summed E-state index contributed by atoms with van der Waals surface area (Å²) in [6, 6.07) is 5.38. The first kappa shape index (κ1) is 21.4. The Kier molecular flexibility index (Phi) is 6.27. The lowest BCUT2D eigenvalue weighted by Crippen LogP contribution is -2.23. The Morgan fingerprint density at radius 2 is 2.03 bits per heavy atom. The first-order valence-electron chi connectivity index (χ1n) is 10.6. The van der Waals surface area contributed by atoms with Crippen LogP contribution in [-0.2, 0) is 11.3 Å². The number of carbonyl (C=O) groups is 1. The molecule has 1 amide bonds. The molecule has 1 saturated carbocycles. The highest BCUT2D eigenvalue weighted by atomic mass is 32.1. The zero-order valence-electron chi connectivity index (χ0n) is 18.1. The van der Waals surface area contributed by atoms with Gasteiger partial charge in [-0.3, -0.25) is 14.2 Å². The quantitative estimate of drug-likeness (QED) is 0.586. The van der Waals surface area contributed by atoms with Crippen molar-refractivity contribution in [1.82, 2.24) is 9.55 Å². The van der Waals surface area contributed by atoms with Crippen molar-refractivity contribution in [3.05, 3.63) is 45.3 Å². The lowest BCUT2D eigenvalue weighted by atomic mass is 10.2. The molecule has 1 aliphatic carbocycles. The number of aromatic nitrogens is 2. The second-order valence-electron chi connectivity index (χ2n) is 7.89. The monoisotopic (exact) mass is 441 g/mol. The summed E-state index contributed by atoms with van der Waals surface area (Å²) in [6.45, 7) is 4.19.